The zero-order valence-corrected chi connectivity index (χ0v) is 23.6. The number of rotatable bonds is 8. The molecule has 0 spiro atoms. The number of ether oxygens (including phenoxy) is 5. The van der Waals surface area contributed by atoms with Gasteiger partial charge < -0.3 is 23.7 Å². The van der Waals surface area contributed by atoms with E-state index in [0.29, 0.717) is 0 Å². The second kappa shape index (κ2) is 13.2. The van der Waals surface area contributed by atoms with E-state index in [1.54, 1.807) is 73.7 Å². The Balaban J connectivity index is 1.73. The Morgan fingerprint density at radius 1 is 0.659 bits per heavy atom. The van der Waals surface area contributed by atoms with Crippen molar-refractivity contribution in [3.05, 3.63) is 108 Å². The van der Waals surface area contributed by atoms with E-state index in [2.05, 4.69) is 0 Å². The van der Waals surface area contributed by atoms with Crippen molar-refractivity contribution in [1.29, 1.82) is 5.41 Å². The van der Waals surface area contributed by atoms with E-state index >= 15 is 0 Å². The molecular formula is C30H27Cl2NO8. The maximum Gasteiger partial charge on any atom is 0.338 e. The standard InChI is InChI=1S/C30H27Cl2NO8/c1-18-22(38-25(34)19-12-6-3-7-13-19)23(39-26(35)20-14-8-4-9-15-20)24(28(37-18)41-29(33)30(2,31)32)40-27(36)21-16-10-5-11-17-21/h3-18,22-24,28,33H,1-2H3. The lowest BCUT2D eigenvalue weighted by atomic mass is 9.98. The van der Waals surface area contributed by atoms with Crippen molar-refractivity contribution in [2.45, 2.75) is 48.9 Å². The fraction of sp³-hybridized carbons (Fsp3) is 0.267. The molecule has 0 aromatic heterocycles. The number of nitrogens with one attached hydrogen (secondary N) is 1. The van der Waals surface area contributed by atoms with Crippen molar-refractivity contribution in [2.24, 2.45) is 0 Å². The van der Waals surface area contributed by atoms with Gasteiger partial charge in [-0.05, 0) is 50.2 Å². The van der Waals surface area contributed by atoms with E-state index in [0.717, 1.165) is 0 Å². The van der Waals surface area contributed by atoms with Crippen LogP contribution >= 0.6 is 23.2 Å². The van der Waals surface area contributed by atoms with Gasteiger partial charge in [0.1, 0.15) is 0 Å². The van der Waals surface area contributed by atoms with Crippen LogP contribution in [0.3, 0.4) is 0 Å². The molecule has 9 nitrogen and oxygen atoms in total. The molecule has 5 unspecified atom stereocenters. The second-order valence-electron chi connectivity index (χ2n) is 9.25. The van der Waals surface area contributed by atoms with Crippen LogP contribution in [0.2, 0.25) is 0 Å². The highest BCUT2D eigenvalue weighted by Crippen LogP contribution is 2.33. The molecule has 0 amide bonds. The molecule has 1 heterocycles. The largest absolute Gasteiger partial charge is 0.452 e. The van der Waals surface area contributed by atoms with Gasteiger partial charge in [-0.2, -0.15) is 0 Å². The third kappa shape index (κ3) is 7.64. The summed E-state index contributed by atoms with van der Waals surface area (Å²) >= 11 is 12.1. The molecule has 0 aliphatic carbocycles. The zero-order valence-electron chi connectivity index (χ0n) is 22.1. The molecule has 1 N–H and O–H groups in total. The van der Waals surface area contributed by atoms with Crippen LogP contribution in [-0.2, 0) is 23.7 Å². The maximum atomic E-state index is 13.2. The summed E-state index contributed by atoms with van der Waals surface area (Å²) in [4.78, 5) is 39.5. The number of carbonyl (C=O) groups is 3. The first-order valence-corrected chi connectivity index (χ1v) is 13.4. The van der Waals surface area contributed by atoms with Gasteiger partial charge in [-0.1, -0.05) is 77.8 Å². The molecule has 1 aliphatic heterocycles. The highest BCUT2D eigenvalue weighted by molar-refractivity contribution is 6.57. The molecule has 5 atom stereocenters. The minimum Gasteiger partial charge on any atom is -0.452 e. The summed E-state index contributed by atoms with van der Waals surface area (Å²) in [7, 11) is 0. The lowest BCUT2D eigenvalue weighted by Gasteiger charge is -2.43. The number of carbonyl (C=O) groups excluding carboxylic acids is 3. The number of hydrogen-bond acceptors (Lipinski definition) is 9. The van der Waals surface area contributed by atoms with E-state index in [-0.39, 0.29) is 16.7 Å². The number of hydrogen-bond donors (Lipinski definition) is 1. The topological polar surface area (TPSA) is 121 Å². The summed E-state index contributed by atoms with van der Waals surface area (Å²) in [6.45, 7) is 2.87. The Hall–Kier alpha value is -3.92. The van der Waals surface area contributed by atoms with Gasteiger partial charge in [-0.15, -0.1) is 0 Å². The van der Waals surface area contributed by atoms with Gasteiger partial charge in [-0.25, -0.2) is 14.4 Å². The van der Waals surface area contributed by atoms with E-state index < -0.39 is 58.8 Å². The minimum absolute atomic E-state index is 0.186. The van der Waals surface area contributed by atoms with E-state index in [4.69, 9.17) is 52.3 Å². The summed E-state index contributed by atoms with van der Waals surface area (Å²) in [6, 6.07) is 24.4. The maximum absolute atomic E-state index is 13.2. The molecule has 11 heteroatoms. The van der Waals surface area contributed by atoms with Crippen LogP contribution in [0.5, 0.6) is 0 Å². The predicted octanol–water partition coefficient (Wildman–Crippen LogP) is 5.60. The smallest absolute Gasteiger partial charge is 0.338 e. The lowest BCUT2D eigenvalue weighted by molar-refractivity contribution is -0.270. The van der Waals surface area contributed by atoms with E-state index in [1.165, 1.54) is 31.2 Å². The average Bonchev–Trinajstić information content (AvgIpc) is 2.97. The van der Waals surface area contributed by atoms with Gasteiger partial charge in [0.05, 0.1) is 22.8 Å². The SMILES string of the molecule is CC1OC(OC(=N)C(C)(Cl)Cl)C(OC(=O)c2ccccc2)C(OC(=O)c2ccccc2)C1OC(=O)c1ccccc1. The summed E-state index contributed by atoms with van der Waals surface area (Å²) in [5.41, 5.74) is 0.628. The Labute approximate surface area is 246 Å². The number of esters is 3. The average molecular weight is 600 g/mol. The fourth-order valence-corrected chi connectivity index (χ4v) is 4.10. The van der Waals surface area contributed by atoms with Crippen LogP contribution in [0, 0.1) is 5.41 Å². The second-order valence-corrected chi connectivity index (χ2v) is 11.0. The molecular weight excluding hydrogens is 573 g/mol. The van der Waals surface area contributed by atoms with Gasteiger partial charge in [0.2, 0.25) is 18.3 Å². The summed E-state index contributed by atoms with van der Waals surface area (Å²) < 4.78 is 27.2. The lowest BCUT2D eigenvalue weighted by Crippen LogP contribution is -2.62. The Bertz CT molecular complexity index is 1370. The van der Waals surface area contributed by atoms with Crippen molar-refractivity contribution in [3.8, 4) is 0 Å². The Morgan fingerprint density at radius 3 is 1.41 bits per heavy atom. The molecule has 214 valence electrons. The molecule has 1 aliphatic rings. The molecule has 1 saturated heterocycles. The summed E-state index contributed by atoms with van der Waals surface area (Å²) in [5.74, 6) is -2.91. The summed E-state index contributed by atoms with van der Waals surface area (Å²) in [5, 5.41) is 8.20. The first-order chi connectivity index (χ1) is 19.5. The van der Waals surface area contributed by atoms with Crippen molar-refractivity contribution in [2.75, 3.05) is 0 Å². The highest BCUT2D eigenvalue weighted by Gasteiger charge is 2.53. The molecule has 4 rings (SSSR count). The van der Waals surface area contributed by atoms with Crippen LogP contribution < -0.4 is 0 Å². The molecule has 41 heavy (non-hydrogen) atoms. The number of halogens is 2. The number of alkyl halides is 2. The third-order valence-corrected chi connectivity index (χ3v) is 6.46. The van der Waals surface area contributed by atoms with Crippen LogP contribution in [0.4, 0.5) is 0 Å². The van der Waals surface area contributed by atoms with Gasteiger partial charge in [0, 0.05) is 0 Å². The molecule has 3 aromatic rings. The molecule has 0 radical (unpaired) electrons. The van der Waals surface area contributed by atoms with Crippen molar-refractivity contribution in [1.82, 2.24) is 0 Å². The van der Waals surface area contributed by atoms with Crippen LogP contribution in [0.25, 0.3) is 0 Å². The van der Waals surface area contributed by atoms with Gasteiger partial charge in [0.25, 0.3) is 0 Å². The molecule has 0 bridgehead atoms. The normalized spacial score (nSPS) is 22.2. The van der Waals surface area contributed by atoms with E-state index in [9.17, 15) is 14.4 Å². The molecule has 1 fully saturated rings. The van der Waals surface area contributed by atoms with Gasteiger partial charge in [-0.3, -0.25) is 5.41 Å². The molecule has 3 aromatic carbocycles. The quantitative estimate of drug-likeness (QED) is 0.117. The van der Waals surface area contributed by atoms with Crippen molar-refractivity contribution in [3.63, 3.8) is 0 Å². The molecule has 0 saturated carbocycles. The van der Waals surface area contributed by atoms with Crippen LogP contribution in [0.15, 0.2) is 91.0 Å². The zero-order chi connectivity index (χ0) is 29.6. The Morgan fingerprint density at radius 2 is 1.02 bits per heavy atom. The first-order valence-electron chi connectivity index (χ1n) is 12.6. The van der Waals surface area contributed by atoms with Crippen LogP contribution in [0.1, 0.15) is 44.9 Å². The Kier molecular flexibility index (Phi) is 9.65. The summed E-state index contributed by atoms with van der Waals surface area (Å²) in [6.07, 6.45) is -6.67. The highest BCUT2D eigenvalue weighted by atomic mass is 35.5. The fourth-order valence-electron chi connectivity index (χ4n) is 4.01. The van der Waals surface area contributed by atoms with Crippen molar-refractivity contribution < 1.29 is 38.1 Å². The van der Waals surface area contributed by atoms with Gasteiger partial charge in [0.15, 0.2) is 16.5 Å². The minimum atomic E-state index is -1.76. The number of benzene rings is 3. The van der Waals surface area contributed by atoms with Crippen molar-refractivity contribution >= 4 is 47.0 Å². The van der Waals surface area contributed by atoms with Gasteiger partial charge >= 0.3 is 17.9 Å². The monoisotopic (exact) mass is 599 g/mol. The van der Waals surface area contributed by atoms with E-state index in [1.807, 2.05) is 0 Å². The first kappa shape index (κ1) is 30.0. The van der Waals surface area contributed by atoms with Crippen LogP contribution in [-0.4, -0.2) is 58.8 Å². The predicted molar refractivity (Wildman–Crippen MR) is 150 cm³/mol. The third-order valence-electron chi connectivity index (χ3n) is 6.12.